The van der Waals surface area contributed by atoms with Gasteiger partial charge in [-0.05, 0) is 24.2 Å². The number of hydrogen-bond donors (Lipinski definition) is 1. The zero-order valence-electron chi connectivity index (χ0n) is 9.01. The molecule has 0 saturated heterocycles. The van der Waals surface area contributed by atoms with Gasteiger partial charge in [-0.3, -0.25) is 0 Å². The summed E-state index contributed by atoms with van der Waals surface area (Å²) in [4.78, 5) is 4.72. The van der Waals surface area contributed by atoms with E-state index in [0.29, 0.717) is 6.61 Å². The summed E-state index contributed by atoms with van der Waals surface area (Å²) < 4.78 is 0. The monoisotopic (exact) mass is 185 g/mol. The van der Waals surface area contributed by atoms with Gasteiger partial charge in [0.15, 0.2) is 0 Å². The molecule has 78 valence electrons. The van der Waals surface area contributed by atoms with Crippen LogP contribution in [0.1, 0.15) is 52.4 Å². The van der Waals surface area contributed by atoms with Crippen molar-refractivity contribution in [3.63, 3.8) is 0 Å². The minimum atomic E-state index is 0.261. The first-order valence-electron chi connectivity index (χ1n) is 5.46. The van der Waals surface area contributed by atoms with E-state index in [2.05, 4.69) is 13.8 Å². The molecule has 0 aromatic heterocycles. The van der Waals surface area contributed by atoms with Crippen LogP contribution in [-0.4, -0.2) is 6.61 Å². The first-order valence-corrected chi connectivity index (χ1v) is 5.46. The number of hydrogen-bond acceptors (Lipinski definition) is 2. The maximum Gasteiger partial charge on any atom is 0.0730 e. The van der Waals surface area contributed by atoms with E-state index in [1.54, 1.807) is 0 Å². The molecular formula is C11H23NO. The molecule has 0 aromatic carbocycles. The Morgan fingerprint density at radius 3 is 2.46 bits per heavy atom. The summed E-state index contributed by atoms with van der Waals surface area (Å²) in [5.41, 5.74) is 0.261. The molecule has 2 nitrogen and oxygen atoms in total. The topological polar surface area (TPSA) is 35.2 Å². The highest BCUT2D eigenvalue weighted by molar-refractivity contribution is 4.73. The summed E-state index contributed by atoms with van der Waals surface area (Å²) in [6, 6.07) is 0. The van der Waals surface area contributed by atoms with E-state index in [1.807, 2.05) is 0 Å². The fourth-order valence-electron chi connectivity index (χ4n) is 2.19. The van der Waals surface area contributed by atoms with Crippen LogP contribution in [0, 0.1) is 11.3 Å². The average molecular weight is 185 g/mol. The molecule has 0 spiro atoms. The zero-order valence-corrected chi connectivity index (χ0v) is 9.01. The van der Waals surface area contributed by atoms with Crippen LogP contribution in [-0.2, 0) is 4.84 Å². The second-order valence-electron chi connectivity index (χ2n) is 5.16. The Kier molecular flexibility index (Phi) is 4.20. The van der Waals surface area contributed by atoms with E-state index in [9.17, 15) is 0 Å². The second-order valence-corrected chi connectivity index (χ2v) is 5.16. The van der Waals surface area contributed by atoms with Crippen molar-refractivity contribution in [3.05, 3.63) is 0 Å². The third-order valence-electron chi connectivity index (χ3n) is 3.18. The van der Waals surface area contributed by atoms with E-state index in [4.69, 9.17) is 10.7 Å². The maximum atomic E-state index is 5.10. The van der Waals surface area contributed by atoms with Gasteiger partial charge in [-0.1, -0.05) is 39.5 Å². The van der Waals surface area contributed by atoms with Crippen molar-refractivity contribution < 1.29 is 4.84 Å². The average Bonchev–Trinajstić information content (AvgIpc) is 2.52. The first-order chi connectivity index (χ1) is 6.14. The Balaban J connectivity index is 2.15. The molecule has 0 bridgehead atoms. The quantitative estimate of drug-likeness (QED) is 0.668. The smallest absolute Gasteiger partial charge is 0.0730 e. The van der Waals surface area contributed by atoms with Crippen molar-refractivity contribution >= 4 is 0 Å². The predicted molar refractivity (Wildman–Crippen MR) is 55.1 cm³/mol. The van der Waals surface area contributed by atoms with Crippen LogP contribution in [0.3, 0.4) is 0 Å². The maximum absolute atomic E-state index is 5.10. The molecule has 1 aliphatic rings. The lowest BCUT2D eigenvalue weighted by molar-refractivity contribution is 0.0546. The lowest BCUT2D eigenvalue weighted by Gasteiger charge is -2.24. The van der Waals surface area contributed by atoms with Crippen LogP contribution in [0.5, 0.6) is 0 Å². The largest absolute Gasteiger partial charge is 0.304 e. The zero-order chi connectivity index (χ0) is 9.73. The molecule has 0 heterocycles. The van der Waals surface area contributed by atoms with E-state index in [-0.39, 0.29) is 5.41 Å². The molecule has 2 N–H and O–H groups in total. The molecule has 13 heavy (non-hydrogen) atoms. The van der Waals surface area contributed by atoms with E-state index >= 15 is 0 Å². The molecule has 0 aliphatic heterocycles. The standard InChI is InChI=1S/C11H23NO/c1-11(2,9-13-12)8-7-10-5-3-4-6-10/h10H,3-9,12H2,1-2H3. The highest BCUT2D eigenvalue weighted by atomic mass is 16.6. The van der Waals surface area contributed by atoms with Gasteiger partial charge in [-0.15, -0.1) is 0 Å². The Bertz CT molecular complexity index is 139. The van der Waals surface area contributed by atoms with Crippen molar-refractivity contribution in [2.24, 2.45) is 17.2 Å². The lowest BCUT2D eigenvalue weighted by atomic mass is 9.85. The van der Waals surface area contributed by atoms with Gasteiger partial charge in [0.25, 0.3) is 0 Å². The summed E-state index contributed by atoms with van der Waals surface area (Å²) in [7, 11) is 0. The molecule has 0 atom stereocenters. The van der Waals surface area contributed by atoms with E-state index in [1.165, 1.54) is 38.5 Å². The van der Waals surface area contributed by atoms with Crippen LogP contribution >= 0.6 is 0 Å². The van der Waals surface area contributed by atoms with E-state index < -0.39 is 0 Å². The third kappa shape index (κ3) is 4.10. The molecule has 1 aliphatic carbocycles. The van der Waals surface area contributed by atoms with Crippen LogP contribution in [0.25, 0.3) is 0 Å². The normalized spacial score (nSPS) is 19.6. The van der Waals surface area contributed by atoms with Crippen molar-refractivity contribution in [1.82, 2.24) is 0 Å². The van der Waals surface area contributed by atoms with Gasteiger partial charge in [0.2, 0.25) is 0 Å². The SMILES string of the molecule is CC(C)(CCC1CCCC1)CON. The van der Waals surface area contributed by atoms with Gasteiger partial charge >= 0.3 is 0 Å². The molecule has 0 radical (unpaired) electrons. The van der Waals surface area contributed by atoms with E-state index in [0.717, 1.165) is 5.92 Å². The Hall–Kier alpha value is -0.0800. The van der Waals surface area contributed by atoms with Crippen molar-refractivity contribution in [2.45, 2.75) is 52.4 Å². The van der Waals surface area contributed by atoms with Crippen molar-refractivity contribution in [3.8, 4) is 0 Å². The fraction of sp³-hybridized carbons (Fsp3) is 1.00. The first kappa shape index (κ1) is 11.0. The molecule has 2 heteroatoms. The van der Waals surface area contributed by atoms with Gasteiger partial charge in [-0.2, -0.15) is 0 Å². The Morgan fingerprint density at radius 2 is 1.92 bits per heavy atom. The molecule has 1 fully saturated rings. The molecule has 1 saturated carbocycles. The minimum Gasteiger partial charge on any atom is -0.304 e. The van der Waals surface area contributed by atoms with Crippen LogP contribution in [0.2, 0.25) is 0 Å². The molecule has 0 amide bonds. The Morgan fingerprint density at radius 1 is 1.31 bits per heavy atom. The van der Waals surface area contributed by atoms with Gasteiger partial charge < -0.3 is 4.84 Å². The highest BCUT2D eigenvalue weighted by Gasteiger charge is 2.22. The summed E-state index contributed by atoms with van der Waals surface area (Å²) >= 11 is 0. The van der Waals surface area contributed by atoms with Crippen molar-refractivity contribution in [2.75, 3.05) is 6.61 Å². The summed E-state index contributed by atoms with van der Waals surface area (Å²) in [6.45, 7) is 5.14. The van der Waals surface area contributed by atoms with Gasteiger partial charge in [0.05, 0.1) is 6.61 Å². The lowest BCUT2D eigenvalue weighted by Crippen LogP contribution is -2.22. The van der Waals surface area contributed by atoms with Crippen LogP contribution < -0.4 is 5.90 Å². The molecular weight excluding hydrogens is 162 g/mol. The molecule has 0 unspecified atom stereocenters. The molecule has 0 aromatic rings. The number of nitrogens with two attached hydrogens (primary N) is 1. The number of rotatable bonds is 5. The molecule has 1 rings (SSSR count). The predicted octanol–water partition coefficient (Wildman–Crippen LogP) is 2.87. The summed E-state index contributed by atoms with van der Waals surface area (Å²) in [6.07, 6.45) is 8.38. The van der Waals surface area contributed by atoms with Gasteiger partial charge in [0.1, 0.15) is 0 Å². The van der Waals surface area contributed by atoms with Gasteiger partial charge in [-0.25, -0.2) is 5.90 Å². The summed E-state index contributed by atoms with van der Waals surface area (Å²) in [5.74, 6) is 6.08. The third-order valence-corrected chi connectivity index (χ3v) is 3.18. The van der Waals surface area contributed by atoms with Gasteiger partial charge in [0, 0.05) is 0 Å². The Labute approximate surface area is 81.8 Å². The fourth-order valence-corrected chi connectivity index (χ4v) is 2.19. The minimum absolute atomic E-state index is 0.261. The highest BCUT2D eigenvalue weighted by Crippen LogP contribution is 2.33. The van der Waals surface area contributed by atoms with Crippen LogP contribution in [0.15, 0.2) is 0 Å². The second kappa shape index (κ2) is 4.97. The van der Waals surface area contributed by atoms with Crippen LogP contribution in [0.4, 0.5) is 0 Å². The summed E-state index contributed by atoms with van der Waals surface area (Å²) in [5, 5.41) is 0. The van der Waals surface area contributed by atoms with Crippen molar-refractivity contribution in [1.29, 1.82) is 0 Å².